The molecule has 0 aliphatic rings. The van der Waals surface area contributed by atoms with Crippen LogP contribution >= 0.6 is 11.6 Å². The number of hydrogen-bond acceptors (Lipinski definition) is 3. The Morgan fingerprint density at radius 1 is 1.60 bits per heavy atom. The van der Waals surface area contributed by atoms with E-state index in [9.17, 15) is 0 Å². The van der Waals surface area contributed by atoms with Crippen LogP contribution in [0.25, 0.3) is 0 Å². The number of nitrogens with zero attached hydrogens (tertiary/aromatic N) is 2. The summed E-state index contributed by atoms with van der Waals surface area (Å²) in [5, 5.41) is 3.74. The van der Waals surface area contributed by atoms with Gasteiger partial charge in [-0.05, 0) is 13.3 Å². The van der Waals surface area contributed by atoms with E-state index < -0.39 is 0 Å². The highest BCUT2D eigenvalue weighted by atomic mass is 35.5. The number of halogens is 1. The molecule has 0 saturated heterocycles. The van der Waals surface area contributed by atoms with Crippen molar-refractivity contribution in [1.29, 1.82) is 0 Å². The first-order valence-corrected chi connectivity index (χ1v) is 5.24. The maximum atomic E-state index is 5.89. The predicted molar refractivity (Wildman–Crippen MR) is 62.9 cm³/mol. The lowest BCUT2D eigenvalue weighted by Crippen LogP contribution is -2.19. The predicted octanol–water partition coefficient (Wildman–Crippen LogP) is 2.65. The van der Waals surface area contributed by atoms with E-state index in [0.29, 0.717) is 11.6 Å². The second kappa shape index (κ2) is 5.57. The molecule has 1 unspecified atom stereocenters. The van der Waals surface area contributed by atoms with Gasteiger partial charge < -0.3 is 5.32 Å². The van der Waals surface area contributed by atoms with E-state index in [0.717, 1.165) is 17.8 Å². The molecule has 1 atom stereocenters. The monoisotopic (exact) mass is 223 g/mol. The van der Waals surface area contributed by atoms with Crippen molar-refractivity contribution in [2.24, 2.45) is 0 Å². The molecule has 80 valence electrons. The molecule has 4 heteroatoms. The molecule has 3 nitrogen and oxygen atoms in total. The number of anilines is 1. The van der Waals surface area contributed by atoms with Gasteiger partial charge in [0.1, 0.15) is 17.3 Å². The van der Waals surface area contributed by atoms with Gasteiger partial charge in [0.05, 0.1) is 0 Å². The van der Waals surface area contributed by atoms with E-state index >= 15 is 0 Å². The van der Waals surface area contributed by atoms with Gasteiger partial charge in [-0.2, -0.15) is 0 Å². The molecular formula is C11H14ClN3. The van der Waals surface area contributed by atoms with Gasteiger partial charge in [0.25, 0.3) is 0 Å². The van der Waals surface area contributed by atoms with Gasteiger partial charge in [-0.15, -0.1) is 12.3 Å². The third-order valence-corrected chi connectivity index (χ3v) is 2.60. The third-order valence-electron chi connectivity index (χ3n) is 2.22. The second-order valence-corrected chi connectivity index (χ2v) is 3.65. The summed E-state index contributed by atoms with van der Waals surface area (Å²) in [6, 6.07) is 0.236. The van der Waals surface area contributed by atoms with Crippen LogP contribution in [0.3, 0.4) is 0 Å². The normalized spacial score (nSPS) is 11.9. The Morgan fingerprint density at radius 3 is 2.93 bits per heavy atom. The van der Waals surface area contributed by atoms with E-state index in [1.165, 1.54) is 6.33 Å². The van der Waals surface area contributed by atoms with E-state index in [4.69, 9.17) is 18.0 Å². The van der Waals surface area contributed by atoms with E-state index in [1.807, 2.05) is 6.92 Å². The highest BCUT2D eigenvalue weighted by molar-refractivity contribution is 6.30. The van der Waals surface area contributed by atoms with Crippen LogP contribution in [0.15, 0.2) is 6.33 Å². The van der Waals surface area contributed by atoms with Crippen LogP contribution in [-0.4, -0.2) is 16.0 Å². The number of aromatic nitrogens is 2. The Kier molecular flexibility index (Phi) is 4.38. The second-order valence-electron chi connectivity index (χ2n) is 3.30. The van der Waals surface area contributed by atoms with Crippen molar-refractivity contribution in [1.82, 2.24) is 9.97 Å². The Labute approximate surface area is 95.3 Å². The summed E-state index contributed by atoms with van der Waals surface area (Å²) in [5.74, 6) is 3.40. The lowest BCUT2D eigenvalue weighted by atomic mass is 10.1. The molecule has 0 aliphatic carbocycles. The van der Waals surface area contributed by atoms with Crippen molar-refractivity contribution in [3.05, 3.63) is 17.0 Å². The number of rotatable bonds is 4. The lowest BCUT2D eigenvalue weighted by Gasteiger charge is -2.16. The van der Waals surface area contributed by atoms with Crippen LogP contribution in [0.4, 0.5) is 5.82 Å². The fourth-order valence-electron chi connectivity index (χ4n) is 1.21. The first-order valence-electron chi connectivity index (χ1n) is 4.86. The maximum absolute atomic E-state index is 5.89. The first-order chi connectivity index (χ1) is 7.19. The highest BCUT2D eigenvalue weighted by Gasteiger charge is 2.09. The molecule has 1 aromatic rings. The van der Waals surface area contributed by atoms with Gasteiger partial charge in [-0.3, -0.25) is 0 Å². The minimum atomic E-state index is 0.236. The van der Waals surface area contributed by atoms with Crippen molar-refractivity contribution >= 4 is 17.4 Å². The Morgan fingerprint density at radius 2 is 2.33 bits per heavy atom. The van der Waals surface area contributed by atoms with Gasteiger partial charge in [-0.1, -0.05) is 18.5 Å². The van der Waals surface area contributed by atoms with Crippen LogP contribution in [0.2, 0.25) is 5.15 Å². The summed E-state index contributed by atoms with van der Waals surface area (Å²) in [6.07, 6.45) is 8.35. The van der Waals surface area contributed by atoms with Gasteiger partial charge in [0, 0.05) is 18.0 Å². The number of nitrogens with one attached hydrogen (secondary N) is 1. The molecule has 1 heterocycles. The molecule has 0 spiro atoms. The number of terminal acetylenes is 1. The van der Waals surface area contributed by atoms with E-state index in [1.54, 1.807) is 0 Å². The molecule has 0 bridgehead atoms. The third kappa shape index (κ3) is 3.10. The zero-order valence-electron chi connectivity index (χ0n) is 8.92. The zero-order chi connectivity index (χ0) is 11.3. The maximum Gasteiger partial charge on any atom is 0.137 e. The summed E-state index contributed by atoms with van der Waals surface area (Å²) in [6.45, 7) is 3.96. The fourth-order valence-corrected chi connectivity index (χ4v) is 1.34. The minimum absolute atomic E-state index is 0.236. The summed E-state index contributed by atoms with van der Waals surface area (Å²) in [4.78, 5) is 8.03. The molecule has 0 aromatic carbocycles. The SMILES string of the molecule is C#CCC(CC)Nc1ncnc(Cl)c1C. The first kappa shape index (κ1) is 11.8. The van der Waals surface area contributed by atoms with Crippen LogP contribution in [0.5, 0.6) is 0 Å². The summed E-state index contributed by atoms with van der Waals surface area (Å²) < 4.78 is 0. The standard InChI is InChI=1S/C11H14ClN3/c1-4-6-9(5-2)15-11-8(3)10(12)13-7-14-11/h1,7,9H,5-6H2,2-3H3,(H,13,14,15). The fraction of sp³-hybridized carbons (Fsp3) is 0.455. The molecule has 0 aliphatic heterocycles. The Balaban J connectivity index is 2.80. The number of hydrogen-bond donors (Lipinski definition) is 1. The summed E-state index contributed by atoms with van der Waals surface area (Å²) >= 11 is 5.89. The van der Waals surface area contributed by atoms with Crippen LogP contribution < -0.4 is 5.32 Å². The van der Waals surface area contributed by atoms with Crippen molar-refractivity contribution in [2.45, 2.75) is 32.7 Å². The van der Waals surface area contributed by atoms with Crippen molar-refractivity contribution < 1.29 is 0 Å². The van der Waals surface area contributed by atoms with Crippen molar-refractivity contribution in [3.63, 3.8) is 0 Å². The zero-order valence-corrected chi connectivity index (χ0v) is 9.67. The van der Waals surface area contributed by atoms with E-state index in [-0.39, 0.29) is 6.04 Å². The lowest BCUT2D eigenvalue weighted by molar-refractivity contribution is 0.710. The Hall–Kier alpha value is -1.27. The average Bonchev–Trinajstić information content (AvgIpc) is 2.24. The van der Waals surface area contributed by atoms with Gasteiger partial charge in [0.15, 0.2) is 0 Å². The van der Waals surface area contributed by atoms with Crippen molar-refractivity contribution in [2.75, 3.05) is 5.32 Å². The summed E-state index contributed by atoms with van der Waals surface area (Å²) in [5.41, 5.74) is 0.856. The topological polar surface area (TPSA) is 37.8 Å². The quantitative estimate of drug-likeness (QED) is 0.630. The highest BCUT2D eigenvalue weighted by Crippen LogP contribution is 2.19. The smallest absolute Gasteiger partial charge is 0.137 e. The van der Waals surface area contributed by atoms with Crippen molar-refractivity contribution in [3.8, 4) is 12.3 Å². The molecular weight excluding hydrogens is 210 g/mol. The Bertz CT molecular complexity index is 371. The van der Waals surface area contributed by atoms with Gasteiger partial charge in [-0.25, -0.2) is 9.97 Å². The molecule has 0 amide bonds. The molecule has 15 heavy (non-hydrogen) atoms. The molecule has 0 fully saturated rings. The molecule has 1 aromatic heterocycles. The molecule has 1 N–H and O–H groups in total. The van der Waals surface area contributed by atoms with Crippen LogP contribution in [-0.2, 0) is 0 Å². The van der Waals surface area contributed by atoms with Gasteiger partial charge in [0.2, 0.25) is 0 Å². The van der Waals surface area contributed by atoms with Gasteiger partial charge >= 0.3 is 0 Å². The minimum Gasteiger partial charge on any atom is -0.366 e. The molecule has 0 radical (unpaired) electrons. The molecule has 0 saturated carbocycles. The van der Waals surface area contributed by atoms with Crippen LogP contribution in [0, 0.1) is 19.3 Å². The largest absolute Gasteiger partial charge is 0.366 e. The van der Waals surface area contributed by atoms with Crippen LogP contribution in [0.1, 0.15) is 25.3 Å². The summed E-state index contributed by atoms with van der Waals surface area (Å²) in [7, 11) is 0. The average molecular weight is 224 g/mol. The van der Waals surface area contributed by atoms with E-state index in [2.05, 4.69) is 28.1 Å². The molecule has 1 rings (SSSR count).